The molecule has 1 fully saturated rings. The van der Waals surface area contributed by atoms with Crippen molar-refractivity contribution in [2.45, 2.75) is 75.8 Å². The Balaban J connectivity index is 2.61. The van der Waals surface area contributed by atoms with E-state index in [1.165, 1.54) is 6.92 Å². The van der Waals surface area contributed by atoms with E-state index >= 15 is 0 Å². The Morgan fingerprint density at radius 3 is 2.43 bits per heavy atom. The van der Waals surface area contributed by atoms with Crippen LogP contribution in [0.5, 0.6) is 0 Å². The lowest BCUT2D eigenvalue weighted by atomic mass is 9.92. The van der Waals surface area contributed by atoms with Crippen molar-refractivity contribution in [1.82, 2.24) is 0 Å². The summed E-state index contributed by atoms with van der Waals surface area (Å²) in [6.45, 7) is 4.64. The van der Waals surface area contributed by atoms with Crippen LogP contribution in [-0.2, 0) is 13.8 Å². The summed E-state index contributed by atoms with van der Waals surface area (Å²) in [6, 6.07) is -0.499. The molecule has 1 heterocycles. The van der Waals surface area contributed by atoms with E-state index in [-0.39, 0.29) is 12.8 Å². The van der Waals surface area contributed by atoms with Gasteiger partial charge >= 0.3 is 7.60 Å². The highest BCUT2D eigenvalue weighted by Gasteiger charge is 2.45. The number of ether oxygens (including phenoxy) is 1. The minimum Gasteiger partial charge on any atom is -0.388 e. The first-order valence-corrected chi connectivity index (χ1v) is 8.85. The van der Waals surface area contributed by atoms with Gasteiger partial charge in [-0.1, -0.05) is 13.3 Å². The molecule has 1 aliphatic heterocycles. The first kappa shape index (κ1) is 19.1. The van der Waals surface area contributed by atoms with Gasteiger partial charge in [-0.05, 0) is 20.3 Å². The van der Waals surface area contributed by atoms with Crippen LogP contribution in [0.2, 0.25) is 0 Å². The molecule has 0 aromatic carbocycles. The fourth-order valence-corrected chi connectivity index (χ4v) is 3.78. The van der Waals surface area contributed by atoms with Crippen LogP contribution in [0.3, 0.4) is 0 Å². The SMILES string of the molecule is B[C@@H]1O[C@H](C[C@@H](C)OP(=O)(O)C(C)(O)CCC)C(O)[C@@H]1O. The van der Waals surface area contributed by atoms with E-state index in [2.05, 4.69) is 0 Å². The molecule has 3 unspecified atom stereocenters. The number of aliphatic hydroxyl groups is 3. The zero-order chi connectivity index (χ0) is 16.4. The van der Waals surface area contributed by atoms with Crippen LogP contribution < -0.4 is 0 Å². The fraction of sp³-hybridized carbons (Fsp3) is 1.00. The standard InChI is InChI=1S/C12H26BO7P/c1-4-5-12(3,16)21(17,18)20-7(2)6-8-9(14)10(15)11(13)19-8/h7-11,14-16H,4-6,13H2,1-3H3,(H,17,18)/t7-,8-,9?,10+,11-,12?/m1/s1. The monoisotopic (exact) mass is 324 g/mol. The topological polar surface area (TPSA) is 116 Å². The van der Waals surface area contributed by atoms with Gasteiger partial charge in [0.25, 0.3) is 0 Å². The fourth-order valence-electron chi connectivity index (χ4n) is 2.47. The normalized spacial score (nSPS) is 36.9. The Bertz CT molecular complexity index is 392. The molecule has 0 saturated carbocycles. The summed E-state index contributed by atoms with van der Waals surface area (Å²) in [4.78, 5) is 9.92. The average molecular weight is 324 g/mol. The summed E-state index contributed by atoms with van der Waals surface area (Å²) in [5, 5.41) is 27.7. The second-order valence-electron chi connectivity index (χ2n) is 6.00. The van der Waals surface area contributed by atoms with Crippen molar-refractivity contribution in [1.29, 1.82) is 0 Å². The van der Waals surface area contributed by atoms with Gasteiger partial charge in [0.1, 0.15) is 20.1 Å². The summed E-state index contributed by atoms with van der Waals surface area (Å²) in [7, 11) is -2.58. The second kappa shape index (κ2) is 7.09. The van der Waals surface area contributed by atoms with Gasteiger partial charge < -0.3 is 29.5 Å². The lowest BCUT2D eigenvalue weighted by Gasteiger charge is -2.30. The maximum absolute atomic E-state index is 12.2. The van der Waals surface area contributed by atoms with Crippen molar-refractivity contribution in [2.24, 2.45) is 0 Å². The summed E-state index contributed by atoms with van der Waals surface area (Å²) < 4.78 is 22.7. The number of hydrogen-bond donors (Lipinski definition) is 4. The Kier molecular flexibility index (Phi) is 6.45. The molecule has 4 N–H and O–H groups in total. The lowest BCUT2D eigenvalue weighted by Crippen LogP contribution is -2.34. The third kappa shape index (κ3) is 4.51. The van der Waals surface area contributed by atoms with E-state index in [0.29, 0.717) is 6.42 Å². The molecule has 0 aromatic rings. The van der Waals surface area contributed by atoms with Crippen molar-refractivity contribution < 1.29 is 34.0 Å². The second-order valence-corrected chi connectivity index (χ2v) is 8.22. The summed E-state index contributed by atoms with van der Waals surface area (Å²) in [6.07, 6.45) is -2.57. The van der Waals surface area contributed by atoms with Crippen LogP contribution in [0.25, 0.3) is 0 Å². The molecule has 9 heteroatoms. The molecule has 21 heavy (non-hydrogen) atoms. The van der Waals surface area contributed by atoms with Gasteiger partial charge in [-0.15, -0.1) is 0 Å². The minimum atomic E-state index is -4.22. The summed E-state index contributed by atoms with van der Waals surface area (Å²) in [5.41, 5.74) is 0. The molecule has 0 spiro atoms. The molecule has 7 atom stereocenters. The largest absolute Gasteiger partial charge is 0.388 e. The summed E-state index contributed by atoms with van der Waals surface area (Å²) >= 11 is 0. The van der Waals surface area contributed by atoms with E-state index < -0.39 is 43.4 Å². The van der Waals surface area contributed by atoms with Crippen molar-refractivity contribution >= 4 is 15.4 Å². The molecule has 124 valence electrons. The van der Waals surface area contributed by atoms with Crippen LogP contribution in [0.15, 0.2) is 0 Å². The van der Waals surface area contributed by atoms with Gasteiger partial charge in [0.05, 0.1) is 18.2 Å². The molecule has 1 rings (SSSR count). The molecule has 0 amide bonds. The van der Waals surface area contributed by atoms with Crippen molar-refractivity contribution in [3.63, 3.8) is 0 Å². The first-order valence-electron chi connectivity index (χ1n) is 7.27. The average Bonchev–Trinajstić information content (AvgIpc) is 2.56. The zero-order valence-electron chi connectivity index (χ0n) is 13.0. The van der Waals surface area contributed by atoms with E-state index in [1.54, 1.807) is 21.7 Å². The van der Waals surface area contributed by atoms with E-state index in [9.17, 15) is 24.8 Å². The van der Waals surface area contributed by atoms with Gasteiger partial charge in [0, 0.05) is 6.42 Å². The number of rotatable bonds is 7. The molecule has 0 aromatic heterocycles. The van der Waals surface area contributed by atoms with Gasteiger partial charge in [-0.2, -0.15) is 0 Å². The van der Waals surface area contributed by atoms with Crippen molar-refractivity contribution in [3.05, 3.63) is 0 Å². The summed E-state index contributed by atoms with van der Waals surface area (Å²) in [5.74, 6) is 0. The number of aliphatic hydroxyl groups excluding tert-OH is 2. The quantitative estimate of drug-likeness (QED) is 0.370. The Labute approximate surface area is 126 Å². The minimum absolute atomic E-state index is 0.145. The highest BCUT2D eigenvalue weighted by molar-refractivity contribution is 7.54. The molecular formula is C12H26BO7P. The van der Waals surface area contributed by atoms with Crippen molar-refractivity contribution in [3.8, 4) is 0 Å². The Hall–Kier alpha value is 0.0549. The van der Waals surface area contributed by atoms with Gasteiger partial charge in [0.15, 0.2) is 5.34 Å². The van der Waals surface area contributed by atoms with Gasteiger partial charge in [0.2, 0.25) is 0 Å². The van der Waals surface area contributed by atoms with Crippen LogP contribution in [0.1, 0.15) is 40.0 Å². The maximum atomic E-state index is 12.2. The van der Waals surface area contributed by atoms with E-state index in [0.717, 1.165) is 0 Å². The molecule has 0 aliphatic carbocycles. The van der Waals surface area contributed by atoms with Gasteiger partial charge in [-0.25, -0.2) is 0 Å². The predicted octanol–water partition coefficient (Wildman–Crippen LogP) is -0.445. The molecule has 0 bridgehead atoms. The Morgan fingerprint density at radius 2 is 2.00 bits per heavy atom. The molecule has 1 saturated heterocycles. The van der Waals surface area contributed by atoms with Crippen LogP contribution in [-0.4, -0.2) is 63.8 Å². The van der Waals surface area contributed by atoms with E-state index in [1.807, 2.05) is 0 Å². The van der Waals surface area contributed by atoms with Crippen molar-refractivity contribution in [2.75, 3.05) is 0 Å². The van der Waals surface area contributed by atoms with Crippen LogP contribution in [0, 0.1) is 0 Å². The first-order chi connectivity index (χ1) is 9.51. The highest BCUT2D eigenvalue weighted by Crippen LogP contribution is 2.57. The molecule has 0 radical (unpaired) electrons. The third-order valence-corrected chi connectivity index (χ3v) is 5.91. The van der Waals surface area contributed by atoms with Crippen LogP contribution >= 0.6 is 7.60 Å². The third-order valence-electron chi connectivity index (χ3n) is 3.82. The van der Waals surface area contributed by atoms with Gasteiger partial charge in [-0.3, -0.25) is 4.57 Å². The highest BCUT2D eigenvalue weighted by atomic mass is 31.2. The van der Waals surface area contributed by atoms with Crippen LogP contribution in [0.4, 0.5) is 0 Å². The number of hydrogen-bond acceptors (Lipinski definition) is 6. The maximum Gasteiger partial charge on any atom is 0.359 e. The smallest absolute Gasteiger partial charge is 0.359 e. The predicted molar refractivity (Wildman–Crippen MR) is 79.7 cm³/mol. The zero-order valence-corrected chi connectivity index (χ0v) is 13.9. The molecule has 7 nitrogen and oxygen atoms in total. The molecular weight excluding hydrogens is 298 g/mol. The lowest BCUT2D eigenvalue weighted by molar-refractivity contribution is -0.00590. The Morgan fingerprint density at radius 1 is 1.43 bits per heavy atom. The molecule has 1 aliphatic rings. The van der Waals surface area contributed by atoms with E-state index in [4.69, 9.17) is 9.26 Å².